The summed E-state index contributed by atoms with van der Waals surface area (Å²) in [7, 11) is 3.34. The number of carbonyl (C=O) groups excluding carboxylic acids is 1. The molecule has 1 atom stereocenters. The molecular weight excluding hydrogens is 444 g/mol. The molecule has 1 saturated carbocycles. The average Bonchev–Trinajstić information content (AvgIpc) is 3.26. The highest BCUT2D eigenvalue weighted by atomic mass is 35.5. The average molecular weight is 475 g/mol. The Hall–Kier alpha value is -2.97. The topological polar surface area (TPSA) is 122 Å². The molecule has 1 unspecified atom stereocenters. The SMILES string of the molecule is CN(Cc1cc(C(CC(=O)O)c2ccc(N(C)N)c(N)c2)ccc1Cl)C(=O)OC1CCCC1. The molecule has 178 valence electrons. The molecule has 0 spiro atoms. The van der Waals surface area contributed by atoms with Gasteiger partial charge in [0.1, 0.15) is 6.10 Å². The van der Waals surface area contributed by atoms with Crippen molar-refractivity contribution in [1.82, 2.24) is 4.90 Å². The van der Waals surface area contributed by atoms with Crippen LogP contribution in [-0.2, 0) is 16.1 Å². The Kier molecular flexibility index (Phi) is 8.05. The van der Waals surface area contributed by atoms with E-state index in [1.54, 1.807) is 38.4 Å². The van der Waals surface area contributed by atoms with Crippen LogP contribution < -0.4 is 16.6 Å². The Balaban J connectivity index is 1.85. The number of hydrogen-bond acceptors (Lipinski definition) is 6. The van der Waals surface area contributed by atoms with Gasteiger partial charge in [-0.2, -0.15) is 0 Å². The lowest BCUT2D eigenvalue weighted by Crippen LogP contribution is -2.30. The number of hydrogen-bond donors (Lipinski definition) is 3. The molecular formula is C24H31ClN4O4. The third kappa shape index (κ3) is 6.30. The molecule has 1 aliphatic rings. The first kappa shape index (κ1) is 24.7. The van der Waals surface area contributed by atoms with Gasteiger partial charge in [0.05, 0.1) is 24.3 Å². The zero-order valence-corrected chi connectivity index (χ0v) is 19.7. The summed E-state index contributed by atoms with van der Waals surface area (Å²) in [4.78, 5) is 25.6. The number of anilines is 2. The maximum absolute atomic E-state index is 12.5. The molecule has 0 radical (unpaired) electrons. The van der Waals surface area contributed by atoms with E-state index < -0.39 is 11.9 Å². The number of nitrogens with two attached hydrogens (primary N) is 2. The lowest BCUT2D eigenvalue weighted by atomic mass is 9.87. The number of nitrogens with zero attached hydrogens (tertiary/aromatic N) is 2. The highest BCUT2D eigenvalue weighted by molar-refractivity contribution is 6.31. The van der Waals surface area contributed by atoms with Gasteiger partial charge in [-0.1, -0.05) is 29.8 Å². The lowest BCUT2D eigenvalue weighted by Gasteiger charge is -2.23. The van der Waals surface area contributed by atoms with Crippen LogP contribution in [0.1, 0.15) is 54.7 Å². The zero-order chi connectivity index (χ0) is 24.1. The van der Waals surface area contributed by atoms with E-state index in [0.29, 0.717) is 22.0 Å². The predicted octanol–water partition coefficient (Wildman–Crippen LogP) is 4.35. The van der Waals surface area contributed by atoms with E-state index >= 15 is 0 Å². The Morgan fingerprint density at radius 1 is 1.15 bits per heavy atom. The van der Waals surface area contributed by atoms with Gasteiger partial charge in [-0.3, -0.25) is 4.79 Å². The molecule has 1 fully saturated rings. The van der Waals surface area contributed by atoms with E-state index in [1.807, 2.05) is 12.1 Å². The quantitative estimate of drug-likeness (QED) is 0.295. The summed E-state index contributed by atoms with van der Waals surface area (Å²) in [6.07, 6.45) is 3.41. The van der Waals surface area contributed by atoms with Crippen LogP contribution in [0.2, 0.25) is 5.02 Å². The number of benzene rings is 2. The molecule has 0 heterocycles. The van der Waals surface area contributed by atoms with E-state index in [-0.39, 0.29) is 25.2 Å². The van der Waals surface area contributed by atoms with Crippen LogP contribution in [0.4, 0.5) is 16.2 Å². The van der Waals surface area contributed by atoms with Crippen molar-refractivity contribution in [1.29, 1.82) is 0 Å². The fourth-order valence-electron chi connectivity index (χ4n) is 4.21. The molecule has 2 aromatic carbocycles. The standard InChI is InChI=1S/C24H31ClN4O4/c1-28(24(32)33-18-5-3-4-6-18)14-17-11-15(7-9-20(17)25)19(13-23(30)31)16-8-10-22(29(2)27)21(26)12-16/h7-12,18-19H,3-6,13-14,26-27H2,1-2H3,(H,30,31). The number of carbonyl (C=O) groups is 2. The fraction of sp³-hybridized carbons (Fsp3) is 0.417. The van der Waals surface area contributed by atoms with Gasteiger partial charge < -0.3 is 25.5 Å². The van der Waals surface area contributed by atoms with Crippen LogP contribution in [0, 0.1) is 0 Å². The number of hydrazine groups is 1. The Morgan fingerprint density at radius 3 is 2.39 bits per heavy atom. The van der Waals surface area contributed by atoms with Crippen molar-refractivity contribution in [3.8, 4) is 0 Å². The number of halogens is 1. The fourth-order valence-corrected chi connectivity index (χ4v) is 4.38. The normalized spacial score (nSPS) is 14.7. The molecule has 0 aromatic heterocycles. The molecule has 0 saturated heterocycles. The maximum atomic E-state index is 12.5. The zero-order valence-electron chi connectivity index (χ0n) is 19.0. The minimum Gasteiger partial charge on any atom is -0.481 e. The first-order chi connectivity index (χ1) is 15.7. The number of nitrogen functional groups attached to an aromatic ring is 1. The van der Waals surface area contributed by atoms with E-state index in [4.69, 9.17) is 27.9 Å². The van der Waals surface area contributed by atoms with E-state index in [9.17, 15) is 14.7 Å². The number of ether oxygens (including phenoxy) is 1. The van der Waals surface area contributed by atoms with E-state index in [1.165, 1.54) is 9.91 Å². The molecule has 3 rings (SSSR count). The molecule has 0 aliphatic heterocycles. The lowest BCUT2D eigenvalue weighted by molar-refractivity contribution is -0.137. The predicted molar refractivity (Wildman–Crippen MR) is 129 cm³/mol. The van der Waals surface area contributed by atoms with Gasteiger partial charge >= 0.3 is 12.1 Å². The first-order valence-corrected chi connectivity index (χ1v) is 11.3. The molecule has 0 bridgehead atoms. The van der Waals surface area contributed by atoms with Crippen molar-refractivity contribution in [3.63, 3.8) is 0 Å². The van der Waals surface area contributed by atoms with Gasteiger partial charge in [0.15, 0.2) is 0 Å². The summed E-state index contributed by atoms with van der Waals surface area (Å²) in [5.41, 5.74) is 9.47. The number of rotatable bonds is 8. The molecule has 33 heavy (non-hydrogen) atoms. The summed E-state index contributed by atoms with van der Waals surface area (Å²) < 4.78 is 5.57. The van der Waals surface area contributed by atoms with Gasteiger partial charge in [0, 0.05) is 25.0 Å². The Bertz CT molecular complexity index is 1010. The summed E-state index contributed by atoms with van der Waals surface area (Å²) in [6.45, 7) is 0.247. The summed E-state index contributed by atoms with van der Waals surface area (Å²) in [5.74, 6) is 4.41. The van der Waals surface area contributed by atoms with Gasteiger partial charge in [-0.05, 0) is 60.6 Å². The number of amides is 1. The highest BCUT2D eigenvalue weighted by Crippen LogP contribution is 2.34. The summed E-state index contributed by atoms with van der Waals surface area (Å²) >= 11 is 6.42. The van der Waals surface area contributed by atoms with Crippen LogP contribution in [0.25, 0.3) is 0 Å². The van der Waals surface area contributed by atoms with Crippen LogP contribution in [0.3, 0.4) is 0 Å². The van der Waals surface area contributed by atoms with Crippen molar-refractivity contribution in [2.24, 2.45) is 5.84 Å². The third-order valence-electron chi connectivity index (χ3n) is 5.97. The molecule has 9 heteroatoms. The van der Waals surface area contributed by atoms with Gasteiger partial charge in [-0.15, -0.1) is 0 Å². The molecule has 1 amide bonds. The molecule has 1 aliphatic carbocycles. The van der Waals surface area contributed by atoms with E-state index in [0.717, 1.165) is 36.8 Å². The Morgan fingerprint density at radius 2 is 1.79 bits per heavy atom. The largest absolute Gasteiger partial charge is 0.481 e. The minimum absolute atomic E-state index is 0.0253. The third-order valence-corrected chi connectivity index (χ3v) is 6.34. The van der Waals surface area contributed by atoms with Crippen LogP contribution in [0.5, 0.6) is 0 Å². The van der Waals surface area contributed by atoms with Crippen molar-refractivity contribution >= 4 is 35.0 Å². The van der Waals surface area contributed by atoms with Crippen molar-refractivity contribution in [2.45, 2.75) is 50.7 Å². The summed E-state index contributed by atoms with van der Waals surface area (Å²) in [6, 6.07) is 10.7. The minimum atomic E-state index is -0.938. The van der Waals surface area contributed by atoms with Crippen molar-refractivity contribution in [2.75, 3.05) is 24.8 Å². The molecule has 5 N–H and O–H groups in total. The highest BCUT2D eigenvalue weighted by Gasteiger charge is 2.23. The van der Waals surface area contributed by atoms with Crippen molar-refractivity contribution < 1.29 is 19.4 Å². The molecule has 2 aromatic rings. The van der Waals surface area contributed by atoms with Crippen LogP contribution in [-0.4, -0.2) is 42.3 Å². The second-order valence-corrected chi connectivity index (χ2v) is 8.98. The first-order valence-electron chi connectivity index (χ1n) is 11.0. The van der Waals surface area contributed by atoms with Crippen molar-refractivity contribution in [3.05, 3.63) is 58.1 Å². The monoisotopic (exact) mass is 474 g/mol. The van der Waals surface area contributed by atoms with Crippen LogP contribution in [0.15, 0.2) is 36.4 Å². The van der Waals surface area contributed by atoms with Crippen LogP contribution >= 0.6 is 11.6 Å². The number of aliphatic carboxylic acids is 1. The van der Waals surface area contributed by atoms with Gasteiger partial charge in [-0.25, -0.2) is 10.6 Å². The van der Waals surface area contributed by atoms with Gasteiger partial charge in [0.2, 0.25) is 0 Å². The second kappa shape index (κ2) is 10.8. The summed E-state index contributed by atoms with van der Waals surface area (Å²) in [5, 5.41) is 11.4. The van der Waals surface area contributed by atoms with E-state index in [2.05, 4.69) is 0 Å². The van der Waals surface area contributed by atoms with Gasteiger partial charge in [0.25, 0.3) is 0 Å². The second-order valence-electron chi connectivity index (χ2n) is 8.58. The Labute approximate surface area is 199 Å². The maximum Gasteiger partial charge on any atom is 0.410 e. The number of carboxylic acid groups (broad SMARTS) is 1. The smallest absolute Gasteiger partial charge is 0.410 e. The number of carboxylic acids is 1. The molecule has 8 nitrogen and oxygen atoms in total.